The zero-order valence-corrected chi connectivity index (χ0v) is 11.3. The molecule has 0 aliphatic rings. The molecule has 0 unspecified atom stereocenters. The van der Waals surface area contributed by atoms with Crippen LogP contribution < -0.4 is 9.88 Å². The van der Waals surface area contributed by atoms with E-state index >= 15 is 0 Å². The molecule has 96 valence electrons. The third kappa shape index (κ3) is 5.43. The van der Waals surface area contributed by atoms with Gasteiger partial charge in [-0.05, 0) is 13.8 Å². The average molecular weight is 237 g/mol. The smallest absolute Gasteiger partial charge is 0.243 e. The molecule has 4 nitrogen and oxygen atoms in total. The highest BCUT2D eigenvalue weighted by atomic mass is 15.1. The molecule has 0 bridgehead atoms. The van der Waals surface area contributed by atoms with Crippen molar-refractivity contribution in [2.24, 2.45) is 0 Å². The minimum Gasteiger partial charge on any atom is -0.390 e. The molecule has 1 heterocycles. The van der Waals surface area contributed by atoms with Crippen LogP contribution in [0.5, 0.6) is 0 Å². The summed E-state index contributed by atoms with van der Waals surface area (Å²) in [6.45, 7) is 8.42. The molecule has 0 saturated carbocycles. The molecule has 0 aliphatic heterocycles. The zero-order valence-electron chi connectivity index (χ0n) is 11.3. The van der Waals surface area contributed by atoms with Gasteiger partial charge in [-0.1, -0.05) is 0 Å². The van der Waals surface area contributed by atoms with Gasteiger partial charge >= 0.3 is 0 Å². The monoisotopic (exact) mass is 237 g/mol. The van der Waals surface area contributed by atoms with Crippen LogP contribution in [-0.2, 0) is 13.1 Å². The number of aryl methyl sites for hydroxylation is 2. The fraction of sp³-hybridized carbons (Fsp3) is 0.615. The van der Waals surface area contributed by atoms with Crippen LogP contribution in [0.4, 0.5) is 0 Å². The van der Waals surface area contributed by atoms with Gasteiger partial charge in [0.1, 0.15) is 12.4 Å². The first kappa shape index (κ1) is 13.6. The summed E-state index contributed by atoms with van der Waals surface area (Å²) in [7, 11) is 2.11. The van der Waals surface area contributed by atoms with E-state index in [4.69, 9.17) is 0 Å². The van der Waals surface area contributed by atoms with Crippen molar-refractivity contribution in [2.75, 3.05) is 20.1 Å². The Kier molecular flexibility index (Phi) is 6.22. The quantitative estimate of drug-likeness (QED) is 0.687. The Labute approximate surface area is 105 Å². The lowest BCUT2D eigenvalue weighted by Gasteiger charge is -2.12. The Balaban J connectivity index is 2.18. The molecule has 0 amide bonds. The highest BCUT2D eigenvalue weighted by Gasteiger charge is 2.01. The van der Waals surface area contributed by atoms with Crippen molar-refractivity contribution in [1.29, 1.82) is 0 Å². The van der Waals surface area contributed by atoms with Crippen molar-refractivity contribution in [2.45, 2.75) is 33.4 Å². The predicted molar refractivity (Wildman–Crippen MR) is 70.4 cm³/mol. The van der Waals surface area contributed by atoms with Gasteiger partial charge in [0.15, 0.2) is 0 Å². The number of nitrogens with one attached hydrogen (secondary N) is 1. The van der Waals surface area contributed by atoms with Crippen LogP contribution >= 0.6 is 0 Å². The molecule has 1 N–H and O–H groups in total. The maximum atomic E-state index is 3.17. The lowest BCUT2D eigenvalue weighted by Crippen LogP contribution is -2.32. The van der Waals surface area contributed by atoms with Crippen molar-refractivity contribution in [3.63, 3.8) is 0 Å². The molecule has 0 saturated heterocycles. The normalized spacial score (nSPS) is 11.0. The van der Waals surface area contributed by atoms with Gasteiger partial charge in [0.05, 0.1) is 13.1 Å². The van der Waals surface area contributed by atoms with Crippen molar-refractivity contribution in [1.82, 2.24) is 14.8 Å². The van der Waals surface area contributed by atoms with Gasteiger partial charge in [0, 0.05) is 39.0 Å². The zero-order chi connectivity index (χ0) is 12.5. The maximum absolute atomic E-state index is 3.17. The first-order chi connectivity index (χ1) is 8.26. The van der Waals surface area contributed by atoms with Gasteiger partial charge in [-0.25, -0.2) is 9.13 Å². The van der Waals surface area contributed by atoms with E-state index in [2.05, 4.69) is 65.2 Å². The fourth-order valence-electron chi connectivity index (χ4n) is 1.63. The van der Waals surface area contributed by atoms with Gasteiger partial charge in [-0.2, -0.15) is 0 Å². The Morgan fingerprint density at radius 2 is 2.24 bits per heavy atom. The number of nitrogens with zero attached hydrogens (tertiary/aromatic N) is 3. The largest absolute Gasteiger partial charge is 0.390 e. The molecule has 1 aromatic heterocycles. The topological polar surface area (TPSA) is 24.1 Å². The summed E-state index contributed by atoms with van der Waals surface area (Å²) in [5.74, 6) is 0. The highest BCUT2D eigenvalue weighted by molar-refractivity contribution is 4.77. The Morgan fingerprint density at radius 3 is 2.88 bits per heavy atom. The molecule has 1 aromatic rings. The maximum Gasteiger partial charge on any atom is 0.243 e. The van der Waals surface area contributed by atoms with Crippen LogP contribution in [0.2, 0.25) is 0 Å². The summed E-state index contributed by atoms with van der Waals surface area (Å²) in [5.41, 5.74) is 0. The molecule has 0 radical (unpaired) electrons. The minimum absolute atomic E-state index is 0.977. The molecule has 0 spiro atoms. The van der Waals surface area contributed by atoms with Gasteiger partial charge in [-0.3, -0.25) is 0 Å². The average Bonchev–Trinajstić information content (AvgIpc) is 2.77. The molecule has 0 fully saturated rings. The van der Waals surface area contributed by atoms with Crippen molar-refractivity contribution >= 4 is 0 Å². The van der Waals surface area contributed by atoms with Crippen molar-refractivity contribution in [3.05, 3.63) is 31.1 Å². The van der Waals surface area contributed by atoms with Crippen molar-refractivity contribution in [3.8, 4) is 0 Å². The second-order valence-corrected chi connectivity index (χ2v) is 4.19. The van der Waals surface area contributed by atoms with Gasteiger partial charge in [0.2, 0.25) is 6.33 Å². The van der Waals surface area contributed by atoms with Crippen LogP contribution in [0.1, 0.15) is 20.3 Å². The minimum atomic E-state index is 0.977. The van der Waals surface area contributed by atoms with E-state index in [9.17, 15) is 0 Å². The molecular formula is C13H25N4+. The second-order valence-electron chi connectivity index (χ2n) is 4.19. The van der Waals surface area contributed by atoms with E-state index in [1.807, 2.05) is 6.20 Å². The van der Waals surface area contributed by atoms with Crippen LogP contribution in [0.3, 0.4) is 0 Å². The van der Waals surface area contributed by atoms with Crippen molar-refractivity contribution < 1.29 is 4.57 Å². The lowest BCUT2D eigenvalue weighted by atomic mass is 10.4. The molecule has 0 atom stereocenters. The van der Waals surface area contributed by atoms with E-state index in [-0.39, 0.29) is 0 Å². The van der Waals surface area contributed by atoms with E-state index in [0.717, 1.165) is 32.6 Å². The summed E-state index contributed by atoms with van der Waals surface area (Å²) in [4.78, 5) is 2.21. The van der Waals surface area contributed by atoms with Gasteiger partial charge < -0.3 is 10.2 Å². The summed E-state index contributed by atoms with van der Waals surface area (Å²) in [6, 6.07) is 0. The second kappa shape index (κ2) is 7.76. The number of hydrogen-bond donors (Lipinski definition) is 1. The first-order valence-corrected chi connectivity index (χ1v) is 6.41. The molecular weight excluding hydrogens is 212 g/mol. The van der Waals surface area contributed by atoms with E-state index in [1.54, 1.807) is 0 Å². The lowest BCUT2D eigenvalue weighted by molar-refractivity contribution is -0.696. The van der Waals surface area contributed by atoms with Gasteiger partial charge in [0.25, 0.3) is 0 Å². The van der Waals surface area contributed by atoms with E-state index in [1.165, 1.54) is 0 Å². The first-order valence-electron chi connectivity index (χ1n) is 6.41. The third-order valence-corrected chi connectivity index (χ3v) is 2.69. The summed E-state index contributed by atoms with van der Waals surface area (Å²) in [6.07, 6.45) is 11.7. The predicted octanol–water partition coefficient (Wildman–Crippen LogP) is 1.20. The number of imidazole rings is 1. The Morgan fingerprint density at radius 1 is 1.41 bits per heavy atom. The Hall–Kier alpha value is -1.45. The summed E-state index contributed by atoms with van der Waals surface area (Å²) >= 11 is 0. The molecule has 17 heavy (non-hydrogen) atoms. The third-order valence-electron chi connectivity index (χ3n) is 2.69. The van der Waals surface area contributed by atoms with E-state index in [0.29, 0.717) is 0 Å². The number of rotatable bonds is 8. The highest BCUT2D eigenvalue weighted by Crippen LogP contribution is 1.90. The van der Waals surface area contributed by atoms with Crippen LogP contribution in [0, 0.1) is 0 Å². The number of hydrogen-bond acceptors (Lipinski definition) is 2. The SMILES string of the molecule is CCN/C=C\N(C)CCC[n+]1ccn(CC)c1. The summed E-state index contributed by atoms with van der Waals surface area (Å²) < 4.78 is 4.43. The molecule has 0 aliphatic carbocycles. The Bertz CT molecular complexity index is 330. The van der Waals surface area contributed by atoms with Crippen LogP contribution in [-0.4, -0.2) is 29.6 Å². The molecule has 1 rings (SSSR count). The molecule has 0 aromatic carbocycles. The molecule has 4 heteroatoms. The standard InChI is InChI=1S/C13H25N4/c1-4-14-7-10-15(3)8-6-9-17-12-11-16(5-2)13-17/h7,10-14H,4-6,8-9H2,1-3H3/q+1/b10-7-. The fourth-order valence-corrected chi connectivity index (χ4v) is 1.63. The van der Waals surface area contributed by atoms with E-state index < -0.39 is 0 Å². The van der Waals surface area contributed by atoms with Gasteiger partial charge in [-0.15, -0.1) is 0 Å². The summed E-state index contributed by atoms with van der Waals surface area (Å²) in [5, 5.41) is 3.17. The number of aromatic nitrogens is 2. The van der Waals surface area contributed by atoms with Crippen LogP contribution in [0.15, 0.2) is 31.1 Å². The van der Waals surface area contributed by atoms with Crippen LogP contribution in [0.25, 0.3) is 0 Å².